The van der Waals surface area contributed by atoms with Crippen LogP contribution in [0, 0.1) is 0 Å². The van der Waals surface area contributed by atoms with Crippen LogP contribution in [0.15, 0.2) is 41.0 Å². The molecule has 2 rings (SSSR count). The van der Waals surface area contributed by atoms with Gasteiger partial charge in [-0.1, -0.05) is 0 Å². The Labute approximate surface area is 124 Å². The normalized spacial score (nSPS) is 11.9. The summed E-state index contributed by atoms with van der Waals surface area (Å²) < 4.78 is 10.6. The Morgan fingerprint density at radius 2 is 2.24 bits per heavy atom. The highest BCUT2D eigenvalue weighted by molar-refractivity contribution is 5.94. The number of methoxy groups -OCH3 is 1. The van der Waals surface area contributed by atoms with Gasteiger partial charge in [0.2, 0.25) is 5.91 Å². The van der Waals surface area contributed by atoms with Gasteiger partial charge in [-0.05, 0) is 43.7 Å². The fourth-order valence-electron chi connectivity index (χ4n) is 2.13. The van der Waals surface area contributed by atoms with E-state index in [1.54, 1.807) is 31.6 Å². The minimum atomic E-state index is -0.455. The van der Waals surface area contributed by atoms with E-state index in [0.29, 0.717) is 11.3 Å². The first kappa shape index (κ1) is 15.0. The van der Waals surface area contributed by atoms with Gasteiger partial charge in [0.1, 0.15) is 11.5 Å². The maximum atomic E-state index is 11.3. The van der Waals surface area contributed by atoms with Crippen molar-refractivity contribution < 1.29 is 13.9 Å². The molecule has 0 radical (unpaired) electrons. The van der Waals surface area contributed by atoms with E-state index in [9.17, 15) is 4.79 Å². The Morgan fingerprint density at radius 1 is 1.43 bits per heavy atom. The van der Waals surface area contributed by atoms with Gasteiger partial charge in [-0.25, -0.2) is 0 Å². The lowest BCUT2D eigenvalue weighted by atomic mass is 10.1. The van der Waals surface area contributed by atoms with Crippen LogP contribution >= 0.6 is 0 Å². The molecular weight excluding hydrogens is 268 g/mol. The van der Waals surface area contributed by atoms with Gasteiger partial charge in [0.15, 0.2) is 0 Å². The van der Waals surface area contributed by atoms with Crippen LogP contribution in [0.5, 0.6) is 5.75 Å². The van der Waals surface area contributed by atoms with E-state index in [1.165, 1.54) is 0 Å². The van der Waals surface area contributed by atoms with Gasteiger partial charge in [0.25, 0.3) is 0 Å². The van der Waals surface area contributed by atoms with Crippen molar-refractivity contribution in [1.29, 1.82) is 0 Å². The third-order valence-corrected chi connectivity index (χ3v) is 3.29. The number of furan rings is 1. The smallest absolute Gasteiger partial charge is 0.248 e. The monoisotopic (exact) mass is 288 g/mol. The third kappa shape index (κ3) is 4.02. The SMILES string of the molecule is COc1ccc(C(N)=O)cc1NC(C)CCc1ccco1. The van der Waals surface area contributed by atoms with Gasteiger partial charge in [-0.2, -0.15) is 0 Å². The van der Waals surface area contributed by atoms with Gasteiger partial charge in [-0.3, -0.25) is 4.79 Å². The Kier molecular flexibility index (Phi) is 4.87. The molecule has 1 heterocycles. The van der Waals surface area contributed by atoms with Crippen LogP contribution in [-0.4, -0.2) is 19.1 Å². The van der Waals surface area contributed by atoms with Crippen molar-refractivity contribution >= 4 is 11.6 Å². The van der Waals surface area contributed by atoms with Crippen LogP contribution in [-0.2, 0) is 6.42 Å². The van der Waals surface area contributed by atoms with Crippen molar-refractivity contribution in [2.45, 2.75) is 25.8 Å². The van der Waals surface area contributed by atoms with E-state index in [1.807, 2.05) is 12.1 Å². The van der Waals surface area contributed by atoms with Gasteiger partial charge in [0, 0.05) is 18.0 Å². The average Bonchev–Trinajstić information content (AvgIpc) is 2.98. The van der Waals surface area contributed by atoms with Gasteiger partial charge in [0.05, 0.1) is 19.1 Å². The number of hydrogen-bond donors (Lipinski definition) is 2. The fourth-order valence-corrected chi connectivity index (χ4v) is 2.13. The molecule has 3 N–H and O–H groups in total. The molecule has 2 aromatic rings. The van der Waals surface area contributed by atoms with E-state index in [-0.39, 0.29) is 6.04 Å². The number of nitrogens with two attached hydrogens (primary N) is 1. The summed E-state index contributed by atoms with van der Waals surface area (Å²) in [5.41, 5.74) is 6.53. The molecule has 1 aromatic carbocycles. The predicted molar refractivity (Wildman–Crippen MR) is 81.6 cm³/mol. The number of anilines is 1. The van der Waals surface area contributed by atoms with E-state index in [4.69, 9.17) is 14.9 Å². The summed E-state index contributed by atoms with van der Waals surface area (Å²) in [6.07, 6.45) is 3.42. The summed E-state index contributed by atoms with van der Waals surface area (Å²) in [6.45, 7) is 2.07. The number of hydrogen-bond acceptors (Lipinski definition) is 4. The molecule has 1 amide bonds. The average molecular weight is 288 g/mol. The topological polar surface area (TPSA) is 77.5 Å². The quantitative estimate of drug-likeness (QED) is 0.821. The number of carbonyl (C=O) groups excluding carboxylic acids is 1. The van der Waals surface area contributed by atoms with E-state index in [2.05, 4.69) is 12.2 Å². The van der Waals surface area contributed by atoms with Crippen molar-refractivity contribution in [3.63, 3.8) is 0 Å². The Bertz CT molecular complexity index is 594. The van der Waals surface area contributed by atoms with E-state index >= 15 is 0 Å². The highest BCUT2D eigenvalue weighted by Crippen LogP contribution is 2.26. The summed E-state index contributed by atoms with van der Waals surface area (Å²) >= 11 is 0. The first-order chi connectivity index (χ1) is 10.1. The number of nitrogens with one attached hydrogen (secondary N) is 1. The molecule has 1 aromatic heterocycles. The van der Waals surface area contributed by atoms with Crippen molar-refractivity contribution in [3.05, 3.63) is 47.9 Å². The molecule has 1 unspecified atom stereocenters. The summed E-state index contributed by atoms with van der Waals surface area (Å²) in [4.78, 5) is 11.3. The van der Waals surface area contributed by atoms with Crippen LogP contribution in [0.4, 0.5) is 5.69 Å². The standard InChI is InChI=1S/C16H20N2O3/c1-11(5-7-13-4-3-9-21-13)18-14-10-12(16(17)19)6-8-15(14)20-2/h3-4,6,8-11,18H,5,7H2,1-2H3,(H2,17,19). The highest BCUT2D eigenvalue weighted by Gasteiger charge is 2.11. The van der Waals surface area contributed by atoms with Crippen LogP contribution < -0.4 is 15.8 Å². The number of benzene rings is 1. The second-order valence-corrected chi connectivity index (χ2v) is 4.94. The first-order valence-corrected chi connectivity index (χ1v) is 6.87. The van der Waals surface area contributed by atoms with Gasteiger partial charge >= 0.3 is 0 Å². The number of aryl methyl sites for hydroxylation is 1. The lowest BCUT2D eigenvalue weighted by molar-refractivity contribution is 0.100. The maximum absolute atomic E-state index is 11.3. The van der Waals surface area contributed by atoms with Crippen LogP contribution in [0.25, 0.3) is 0 Å². The number of rotatable bonds is 7. The Hall–Kier alpha value is -2.43. The number of primary amides is 1. The number of ether oxygens (including phenoxy) is 1. The molecule has 0 bridgehead atoms. The van der Waals surface area contributed by atoms with Crippen molar-refractivity contribution in [3.8, 4) is 5.75 Å². The second kappa shape index (κ2) is 6.83. The lowest BCUT2D eigenvalue weighted by Crippen LogP contribution is -2.18. The van der Waals surface area contributed by atoms with Gasteiger partial charge < -0.3 is 20.2 Å². The van der Waals surface area contributed by atoms with Crippen LogP contribution in [0.3, 0.4) is 0 Å². The second-order valence-electron chi connectivity index (χ2n) is 4.94. The zero-order valence-electron chi connectivity index (χ0n) is 12.3. The molecule has 5 heteroatoms. The molecule has 0 fully saturated rings. The lowest BCUT2D eigenvalue weighted by Gasteiger charge is -2.17. The largest absolute Gasteiger partial charge is 0.495 e. The van der Waals surface area contributed by atoms with Crippen LogP contribution in [0.1, 0.15) is 29.5 Å². The molecule has 5 nitrogen and oxygen atoms in total. The molecule has 1 atom stereocenters. The third-order valence-electron chi connectivity index (χ3n) is 3.29. The molecular formula is C16H20N2O3. The van der Waals surface area contributed by atoms with Crippen molar-refractivity contribution in [2.24, 2.45) is 5.73 Å². The molecule has 0 aliphatic heterocycles. The molecule has 0 aliphatic rings. The summed E-state index contributed by atoms with van der Waals surface area (Å²) in [6, 6.07) is 9.15. The van der Waals surface area contributed by atoms with Crippen LogP contribution in [0.2, 0.25) is 0 Å². The summed E-state index contributed by atoms with van der Waals surface area (Å²) in [5, 5.41) is 3.34. The Balaban J connectivity index is 2.02. The molecule has 0 spiro atoms. The minimum Gasteiger partial charge on any atom is -0.495 e. The first-order valence-electron chi connectivity index (χ1n) is 6.87. The molecule has 0 saturated carbocycles. The zero-order valence-corrected chi connectivity index (χ0v) is 12.3. The van der Waals surface area contributed by atoms with Crippen molar-refractivity contribution in [1.82, 2.24) is 0 Å². The highest BCUT2D eigenvalue weighted by atomic mass is 16.5. The molecule has 0 aliphatic carbocycles. The van der Waals surface area contributed by atoms with Gasteiger partial charge in [-0.15, -0.1) is 0 Å². The van der Waals surface area contributed by atoms with E-state index < -0.39 is 5.91 Å². The minimum absolute atomic E-state index is 0.201. The molecule has 21 heavy (non-hydrogen) atoms. The fraction of sp³-hybridized carbons (Fsp3) is 0.312. The Morgan fingerprint density at radius 3 is 2.86 bits per heavy atom. The molecule has 0 saturated heterocycles. The number of carbonyl (C=O) groups is 1. The maximum Gasteiger partial charge on any atom is 0.248 e. The van der Waals surface area contributed by atoms with E-state index in [0.717, 1.165) is 24.3 Å². The predicted octanol–water partition coefficient (Wildman–Crippen LogP) is 2.82. The van der Waals surface area contributed by atoms with Crippen molar-refractivity contribution in [2.75, 3.05) is 12.4 Å². The summed E-state index contributed by atoms with van der Waals surface area (Å²) in [7, 11) is 1.60. The zero-order chi connectivity index (χ0) is 15.2. The molecule has 112 valence electrons. The summed E-state index contributed by atoms with van der Waals surface area (Å²) in [5.74, 6) is 1.19. The number of amides is 1.